The van der Waals surface area contributed by atoms with Crippen LogP contribution in [0.3, 0.4) is 0 Å². The number of hydrogen-bond acceptors (Lipinski definition) is 3. The summed E-state index contributed by atoms with van der Waals surface area (Å²) in [6, 6.07) is 11.9. The summed E-state index contributed by atoms with van der Waals surface area (Å²) >= 11 is 1.76. The molecule has 0 aliphatic heterocycles. The van der Waals surface area contributed by atoms with Gasteiger partial charge in [-0.1, -0.05) is 26.0 Å². The number of hydrogen-bond donors (Lipinski definition) is 2. The smallest absolute Gasteiger partial charge is 0.220 e. The Bertz CT molecular complexity index is 589. The summed E-state index contributed by atoms with van der Waals surface area (Å²) in [5.41, 5.74) is 7.57. The van der Waals surface area contributed by atoms with E-state index < -0.39 is 0 Å². The summed E-state index contributed by atoms with van der Waals surface area (Å²) in [5, 5.41) is 3.00. The number of carbonyl (C=O) groups excluding carboxylic acids is 1. The summed E-state index contributed by atoms with van der Waals surface area (Å²) in [7, 11) is 0. The summed E-state index contributed by atoms with van der Waals surface area (Å²) < 4.78 is 0. The summed E-state index contributed by atoms with van der Waals surface area (Å²) in [4.78, 5) is 14.6. The number of thiophene rings is 1. The maximum atomic E-state index is 12.0. The van der Waals surface area contributed by atoms with Gasteiger partial charge in [0.2, 0.25) is 5.91 Å². The van der Waals surface area contributed by atoms with E-state index in [2.05, 4.69) is 31.3 Å². The molecule has 0 spiro atoms. The van der Waals surface area contributed by atoms with Crippen molar-refractivity contribution < 1.29 is 4.79 Å². The normalized spacial score (nSPS) is 12.1. The highest BCUT2D eigenvalue weighted by Gasteiger charge is 2.11. The molecule has 0 saturated heterocycles. The van der Waals surface area contributed by atoms with Gasteiger partial charge < -0.3 is 11.1 Å². The molecule has 0 bridgehead atoms. The predicted molar refractivity (Wildman–Crippen MR) is 89.4 cm³/mol. The molecule has 0 saturated carbocycles. The third-order valence-electron chi connectivity index (χ3n) is 3.52. The molecule has 3 nitrogen and oxygen atoms in total. The zero-order valence-corrected chi connectivity index (χ0v) is 13.4. The molecule has 0 aliphatic rings. The number of nitrogens with one attached hydrogen (secondary N) is 1. The van der Waals surface area contributed by atoms with Crippen LogP contribution in [-0.2, 0) is 17.8 Å². The summed E-state index contributed by atoms with van der Waals surface area (Å²) in [6.07, 6.45) is 1.54. The molecular weight excluding hydrogens is 280 g/mol. The van der Waals surface area contributed by atoms with Crippen molar-refractivity contribution in [2.75, 3.05) is 5.73 Å². The van der Waals surface area contributed by atoms with Gasteiger partial charge in [0.05, 0.1) is 6.54 Å². The van der Waals surface area contributed by atoms with E-state index in [4.69, 9.17) is 5.73 Å². The third kappa shape index (κ3) is 4.60. The Morgan fingerprint density at radius 1 is 1.19 bits per heavy atom. The summed E-state index contributed by atoms with van der Waals surface area (Å²) in [5.74, 6) is 0.283. The molecule has 2 rings (SSSR count). The van der Waals surface area contributed by atoms with E-state index >= 15 is 0 Å². The quantitative estimate of drug-likeness (QED) is 0.799. The first-order valence-electron chi connectivity index (χ1n) is 7.28. The van der Waals surface area contributed by atoms with Crippen LogP contribution >= 0.6 is 11.3 Å². The second kappa shape index (κ2) is 7.27. The van der Waals surface area contributed by atoms with Crippen LogP contribution in [0.5, 0.6) is 0 Å². The minimum absolute atomic E-state index is 0.0887. The van der Waals surface area contributed by atoms with Gasteiger partial charge in [-0.05, 0) is 42.2 Å². The lowest BCUT2D eigenvalue weighted by atomic mass is 9.97. The molecule has 2 aromatic rings. The van der Waals surface area contributed by atoms with Crippen LogP contribution in [0.2, 0.25) is 0 Å². The van der Waals surface area contributed by atoms with Crippen LogP contribution in [0.4, 0.5) is 5.69 Å². The van der Waals surface area contributed by atoms with Crippen molar-refractivity contribution >= 4 is 22.9 Å². The van der Waals surface area contributed by atoms with E-state index in [1.165, 1.54) is 9.75 Å². The number of benzene rings is 1. The minimum Gasteiger partial charge on any atom is -0.399 e. The van der Waals surface area contributed by atoms with Crippen LogP contribution in [0.25, 0.3) is 0 Å². The highest BCUT2D eigenvalue weighted by atomic mass is 32.1. The molecule has 21 heavy (non-hydrogen) atoms. The summed E-state index contributed by atoms with van der Waals surface area (Å²) in [6.45, 7) is 4.83. The average Bonchev–Trinajstić information content (AvgIpc) is 2.94. The van der Waals surface area contributed by atoms with E-state index in [0.29, 0.717) is 13.0 Å². The molecule has 112 valence electrons. The molecule has 1 heterocycles. The van der Waals surface area contributed by atoms with Crippen LogP contribution in [0, 0.1) is 0 Å². The lowest BCUT2D eigenvalue weighted by Gasteiger charge is -2.12. The topological polar surface area (TPSA) is 55.1 Å². The zero-order chi connectivity index (χ0) is 15.2. The molecule has 1 aromatic heterocycles. The largest absolute Gasteiger partial charge is 0.399 e. The SMILES string of the molecule is CCc1ccc(CNC(=O)CC(C)c2ccc(N)cc2)s1. The van der Waals surface area contributed by atoms with Crippen molar-refractivity contribution in [3.05, 3.63) is 51.7 Å². The van der Waals surface area contributed by atoms with Crippen LogP contribution in [0.15, 0.2) is 36.4 Å². The number of nitrogens with two attached hydrogens (primary N) is 1. The van der Waals surface area contributed by atoms with Gasteiger partial charge >= 0.3 is 0 Å². The van der Waals surface area contributed by atoms with Gasteiger partial charge in [-0.15, -0.1) is 11.3 Å². The van der Waals surface area contributed by atoms with E-state index in [1.54, 1.807) is 11.3 Å². The number of aryl methyl sites for hydroxylation is 1. The average molecular weight is 302 g/mol. The monoisotopic (exact) mass is 302 g/mol. The Morgan fingerprint density at radius 3 is 2.48 bits per heavy atom. The standard InChI is InChI=1S/C17H22N2OS/c1-3-15-8-9-16(21-15)11-19-17(20)10-12(2)13-4-6-14(18)7-5-13/h4-9,12H,3,10-11,18H2,1-2H3,(H,19,20). The highest BCUT2D eigenvalue weighted by Crippen LogP contribution is 2.20. The zero-order valence-electron chi connectivity index (χ0n) is 12.6. The number of carbonyl (C=O) groups is 1. The number of amides is 1. The fourth-order valence-corrected chi connectivity index (χ4v) is 3.08. The van der Waals surface area contributed by atoms with Gasteiger partial charge in [-0.25, -0.2) is 0 Å². The van der Waals surface area contributed by atoms with Crippen molar-refractivity contribution in [3.63, 3.8) is 0 Å². The maximum absolute atomic E-state index is 12.0. The molecule has 3 N–H and O–H groups in total. The highest BCUT2D eigenvalue weighted by molar-refractivity contribution is 7.11. The second-order valence-electron chi connectivity index (χ2n) is 5.27. The van der Waals surface area contributed by atoms with Crippen molar-refractivity contribution in [2.24, 2.45) is 0 Å². The van der Waals surface area contributed by atoms with Gasteiger partial charge in [-0.3, -0.25) is 4.79 Å². The molecule has 1 atom stereocenters. The van der Waals surface area contributed by atoms with E-state index in [9.17, 15) is 4.79 Å². The Morgan fingerprint density at radius 2 is 1.86 bits per heavy atom. The number of rotatable bonds is 6. The van der Waals surface area contributed by atoms with Crippen molar-refractivity contribution in [1.82, 2.24) is 5.32 Å². The predicted octanol–water partition coefficient (Wildman–Crippen LogP) is 3.70. The maximum Gasteiger partial charge on any atom is 0.220 e. The van der Waals surface area contributed by atoms with Crippen molar-refractivity contribution in [2.45, 2.75) is 39.2 Å². The molecule has 0 fully saturated rings. The van der Waals surface area contributed by atoms with Gasteiger partial charge in [0.1, 0.15) is 0 Å². The minimum atomic E-state index is 0.0887. The fourth-order valence-electron chi connectivity index (χ4n) is 2.19. The molecule has 1 aromatic carbocycles. The van der Waals surface area contributed by atoms with Gasteiger partial charge in [-0.2, -0.15) is 0 Å². The Kier molecular flexibility index (Phi) is 5.39. The van der Waals surface area contributed by atoms with Crippen molar-refractivity contribution in [3.8, 4) is 0 Å². The Labute approximate surface area is 130 Å². The molecule has 0 radical (unpaired) electrons. The lowest BCUT2D eigenvalue weighted by Crippen LogP contribution is -2.23. The first kappa shape index (κ1) is 15.6. The fraction of sp³-hybridized carbons (Fsp3) is 0.353. The lowest BCUT2D eigenvalue weighted by molar-refractivity contribution is -0.121. The first-order valence-corrected chi connectivity index (χ1v) is 8.10. The van der Waals surface area contributed by atoms with Crippen LogP contribution in [-0.4, -0.2) is 5.91 Å². The van der Waals surface area contributed by atoms with Crippen LogP contribution in [0.1, 0.15) is 41.5 Å². The molecule has 1 amide bonds. The van der Waals surface area contributed by atoms with Gasteiger partial charge in [0.25, 0.3) is 0 Å². The second-order valence-corrected chi connectivity index (χ2v) is 6.52. The molecule has 1 unspecified atom stereocenters. The number of anilines is 1. The van der Waals surface area contributed by atoms with E-state index in [0.717, 1.165) is 17.7 Å². The van der Waals surface area contributed by atoms with E-state index in [-0.39, 0.29) is 11.8 Å². The Hall–Kier alpha value is -1.81. The first-order chi connectivity index (χ1) is 10.1. The number of nitrogen functional groups attached to an aromatic ring is 1. The Balaban J connectivity index is 1.82. The van der Waals surface area contributed by atoms with E-state index in [1.807, 2.05) is 24.3 Å². The van der Waals surface area contributed by atoms with Gasteiger partial charge in [0, 0.05) is 21.9 Å². The molecule has 0 aliphatic carbocycles. The molecule has 4 heteroatoms. The molecular formula is C17H22N2OS. The van der Waals surface area contributed by atoms with Crippen LogP contribution < -0.4 is 11.1 Å². The third-order valence-corrected chi connectivity index (χ3v) is 4.75. The van der Waals surface area contributed by atoms with Crippen molar-refractivity contribution in [1.29, 1.82) is 0 Å². The van der Waals surface area contributed by atoms with Gasteiger partial charge in [0.15, 0.2) is 0 Å².